The zero-order chi connectivity index (χ0) is 14.2. The second-order valence-corrected chi connectivity index (χ2v) is 6.81. The Bertz CT molecular complexity index is 761. The molecule has 1 nitrogen and oxygen atoms in total. The van der Waals surface area contributed by atoms with Crippen molar-refractivity contribution in [2.45, 2.75) is 25.2 Å². The maximum atomic E-state index is 12.6. The van der Waals surface area contributed by atoms with Crippen molar-refractivity contribution in [3.63, 3.8) is 0 Å². The molecule has 2 aromatic carbocycles. The summed E-state index contributed by atoms with van der Waals surface area (Å²) in [5.41, 5.74) is 2.18. The van der Waals surface area contributed by atoms with Crippen molar-refractivity contribution in [1.82, 2.24) is 0 Å². The van der Waals surface area contributed by atoms with Crippen molar-refractivity contribution in [3.8, 4) is 0 Å². The molecule has 1 fully saturated rings. The van der Waals surface area contributed by atoms with Crippen molar-refractivity contribution >= 4 is 27.2 Å². The van der Waals surface area contributed by atoms with Gasteiger partial charge in [0.1, 0.15) is 0 Å². The first kappa shape index (κ1) is 12.8. The molecular formula is C19H16OS. The summed E-state index contributed by atoms with van der Waals surface area (Å²) in [6.45, 7) is 0. The first-order valence-electron chi connectivity index (χ1n) is 7.44. The van der Waals surface area contributed by atoms with E-state index in [0.717, 1.165) is 21.7 Å². The molecule has 0 N–H and O–H groups in total. The van der Waals surface area contributed by atoms with Crippen LogP contribution in [-0.4, -0.2) is 5.78 Å². The van der Waals surface area contributed by atoms with Crippen molar-refractivity contribution in [2.75, 3.05) is 0 Å². The van der Waals surface area contributed by atoms with Crippen LogP contribution >= 0.6 is 11.3 Å². The molecule has 1 aliphatic rings. The van der Waals surface area contributed by atoms with Crippen LogP contribution in [0.15, 0.2) is 54.6 Å². The van der Waals surface area contributed by atoms with Crippen LogP contribution in [0.1, 0.15) is 46.0 Å². The van der Waals surface area contributed by atoms with Gasteiger partial charge in [0.2, 0.25) is 5.78 Å². The lowest BCUT2D eigenvalue weighted by Crippen LogP contribution is -2.09. The molecule has 0 aliphatic heterocycles. The molecule has 0 unspecified atom stereocenters. The van der Waals surface area contributed by atoms with Gasteiger partial charge in [0.25, 0.3) is 0 Å². The Morgan fingerprint density at radius 3 is 2.43 bits per heavy atom. The molecular weight excluding hydrogens is 276 g/mol. The summed E-state index contributed by atoms with van der Waals surface area (Å²) >= 11 is 1.58. The number of fused-ring (bicyclic) bond motifs is 1. The molecule has 0 atom stereocenters. The van der Waals surface area contributed by atoms with Crippen molar-refractivity contribution < 1.29 is 4.79 Å². The van der Waals surface area contributed by atoms with Gasteiger partial charge >= 0.3 is 0 Å². The van der Waals surface area contributed by atoms with Gasteiger partial charge in [-0.25, -0.2) is 0 Å². The average molecular weight is 292 g/mol. The van der Waals surface area contributed by atoms with Gasteiger partial charge in [0.15, 0.2) is 0 Å². The van der Waals surface area contributed by atoms with Crippen LogP contribution < -0.4 is 0 Å². The van der Waals surface area contributed by atoms with Gasteiger partial charge in [0.05, 0.1) is 4.88 Å². The number of rotatable bonds is 3. The minimum absolute atomic E-state index is 0.136. The molecule has 1 heterocycles. The largest absolute Gasteiger partial charge is 0.288 e. The molecule has 0 radical (unpaired) electrons. The molecule has 0 bridgehead atoms. The molecule has 4 rings (SSSR count). The Morgan fingerprint density at radius 1 is 1.00 bits per heavy atom. The van der Waals surface area contributed by atoms with Crippen LogP contribution in [0, 0.1) is 0 Å². The lowest BCUT2D eigenvalue weighted by Gasteiger charge is -2.25. The predicted molar refractivity (Wildman–Crippen MR) is 88.3 cm³/mol. The Hall–Kier alpha value is -1.93. The Labute approximate surface area is 128 Å². The molecule has 1 aromatic heterocycles. The number of benzene rings is 2. The number of hydrogen-bond acceptors (Lipinski definition) is 2. The van der Waals surface area contributed by atoms with E-state index in [1.54, 1.807) is 11.3 Å². The Kier molecular flexibility index (Phi) is 3.12. The molecule has 0 saturated heterocycles. The van der Waals surface area contributed by atoms with E-state index in [1.807, 2.05) is 30.3 Å². The van der Waals surface area contributed by atoms with Gasteiger partial charge < -0.3 is 0 Å². The second-order valence-electron chi connectivity index (χ2n) is 5.73. The highest BCUT2D eigenvalue weighted by Gasteiger charge is 2.20. The summed E-state index contributed by atoms with van der Waals surface area (Å²) in [6.07, 6.45) is 3.93. The lowest BCUT2D eigenvalue weighted by atomic mass is 9.80. The summed E-state index contributed by atoms with van der Waals surface area (Å²) in [4.78, 5) is 13.4. The van der Waals surface area contributed by atoms with Gasteiger partial charge in [-0.3, -0.25) is 4.79 Å². The smallest absolute Gasteiger partial charge is 0.202 e. The number of hydrogen-bond donors (Lipinski definition) is 0. The Morgan fingerprint density at radius 2 is 1.76 bits per heavy atom. The van der Waals surface area contributed by atoms with Gasteiger partial charge in [-0.15, -0.1) is 11.3 Å². The summed E-state index contributed by atoms with van der Waals surface area (Å²) in [7, 11) is 0. The second kappa shape index (κ2) is 5.12. The average Bonchev–Trinajstić information content (AvgIpc) is 2.89. The monoisotopic (exact) mass is 292 g/mol. The maximum Gasteiger partial charge on any atom is 0.202 e. The standard InChI is InChI=1S/C19H16OS/c20-19(18-12-16-4-1-2-7-17(16)21-18)15-10-8-14(9-11-15)13-5-3-6-13/h1-2,4,7-13H,3,5-6H2. The van der Waals surface area contributed by atoms with Crippen molar-refractivity contribution in [1.29, 1.82) is 0 Å². The van der Waals surface area contributed by atoms with Crippen molar-refractivity contribution in [2.24, 2.45) is 0 Å². The summed E-state index contributed by atoms with van der Waals surface area (Å²) in [5, 5.41) is 1.15. The number of ketones is 1. The summed E-state index contributed by atoms with van der Waals surface area (Å²) < 4.78 is 1.17. The summed E-state index contributed by atoms with van der Waals surface area (Å²) in [5.74, 6) is 0.856. The quantitative estimate of drug-likeness (QED) is 0.591. The molecule has 104 valence electrons. The minimum Gasteiger partial charge on any atom is -0.288 e. The zero-order valence-electron chi connectivity index (χ0n) is 11.7. The highest BCUT2D eigenvalue weighted by Crippen LogP contribution is 2.36. The third-order valence-corrected chi connectivity index (χ3v) is 5.51. The molecule has 1 aliphatic carbocycles. The third-order valence-electron chi connectivity index (χ3n) is 4.40. The van der Waals surface area contributed by atoms with Crippen molar-refractivity contribution in [3.05, 3.63) is 70.6 Å². The first-order chi connectivity index (χ1) is 10.3. The Balaban J connectivity index is 1.64. The SMILES string of the molecule is O=C(c1ccc(C2CCC2)cc1)c1cc2ccccc2s1. The molecule has 2 heteroatoms. The maximum absolute atomic E-state index is 12.6. The van der Waals surface area contributed by atoms with E-state index in [4.69, 9.17) is 0 Å². The highest BCUT2D eigenvalue weighted by atomic mass is 32.1. The molecule has 1 saturated carbocycles. The van der Waals surface area contributed by atoms with Crippen LogP contribution in [0.3, 0.4) is 0 Å². The van der Waals surface area contributed by atoms with E-state index in [2.05, 4.69) is 24.3 Å². The van der Waals surface area contributed by atoms with E-state index in [9.17, 15) is 4.79 Å². The fourth-order valence-electron chi connectivity index (χ4n) is 2.88. The molecule has 3 aromatic rings. The van der Waals surface area contributed by atoms with E-state index in [-0.39, 0.29) is 5.78 Å². The number of carbonyl (C=O) groups excluding carboxylic acids is 1. The van der Waals surface area contributed by atoms with Crippen LogP contribution in [0.2, 0.25) is 0 Å². The van der Waals surface area contributed by atoms with Gasteiger partial charge in [-0.2, -0.15) is 0 Å². The van der Waals surface area contributed by atoms with Crippen LogP contribution in [-0.2, 0) is 0 Å². The van der Waals surface area contributed by atoms with Crippen LogP contribution in [0.25, 0.3) is 10.1 Å². The minimum atomic E-state index is 0.136. The molecule has 21 heavy (non-hydrogen) atoms. The fourth-order valence-corrected chi connectivity index (χ4v) is 3.91. The van der Waals surface area contributed by atoms with Gasteiger partial charge in [-0.05, 0) is 41.8 Å². The van der Waals surface area contributed by atoms with E-state index in [0.29, 0.717) is 0 Å². The predicted octanol–water partition coefficient (Wildman–Crippen LogP) is 5.40. The number of carbonyl (C=O) groups is 1. The van der Waals surface area contributed by atoms with Crippen LogP contribution in [0.5, 0.6) is 0 Å². The molecule has 0 spiro atoms. The van der Waals surface area contributed by atoms with Crippen LogP contribution in [0.4, 0.5) is 0 Å². The van der Waals surface area contributed by atoms with E-state index >= 15 is 0 Å². The number of thiophene rings is 1. The van der Waals surface area contributed by atoms with E-state index in [1.165, 1.54) is 29.5 Å². The lowest BCUT2D eigenvalue weighted by molar-refractivity contribution is 0.104. The molecule has 0 amide bonds. The topological polar surface area (TPSA) is 17.1 Å². The first-order valence-corrected chi connectivity index (χ1v) is 8.26. The summed E-state index contributed by atoms with van der Waals surface area (Å²) in [6, 6.07) is 18.4. The van der Waals surface area contributed by atoms with Gasteiger partial charge in [-0.1, -0.05) is 48.9 Å². The van der Waals surface area contributed by atoms with E-state index < -0.39 is 0 Å². The van der Waals surface area contributed by atoms with Gasteiger partial charge in [0, 0.05) is 10.3 Å². The highest BCUT2D eigenvalue weighted by molar-refractivity contribution is 7.21. The normalized spacial score (nSPS) is 15.0. The zero-order valence-corrected chi connectivity index (χ0v) is 12.5. The third kappa shape index (κ3) is 2.30. The fraction of sp³-hybridized carbons (Fsp3) is 0.211.